The topological polar surface area (TPSA) is 127 Å². The molecule has 0 aromatic rings. The highest BCUT2D eigenvalue weighted by Gasteiger charge is 2.36. The smallest absolute Gasteiger partial charge is 0.308 e. The van der Waals surface area contributed by atoms with Gasteiger partial charge in [-0.15, -0.1) is 0 Å². The van der Waals surface area contributed by atoms with E-state index in [0.29, 0.717) is 0 Å². The minimum atomic E-state index is -1.81. The van der Waals surface area contributed by atoms with E-state index in [9.17, 15) is 25.2 Å². The van der Waals surface area contributed by atoms with Crippen LogP contribution in [-0.2, 0) is 9.53 Å². The van der Waals surface area contributed by atoms with Crippen molar-refractivity contribution in [2.45, 2.75) is 51.5 Å². The molecule has 0 aromatic carbocycles. The molecule has 7 nitrogen and oxygen atoms in total. The first-order valence-electron chi connectivity index (χ1n) is 5.29. The third-order valence-corrected chi connectivity index (χ3v) is 2.31. The number of rotatable bonds is 7. The molecule has 0 amide bonds. The number of ether oxygens (including phenoxy) is 1. The van der Waals surface area contributed by atoms with Crippen LogP contribution in [-0.4, -0.2) is 62.2 Å². The van der Waals surface area contributed by atoms with Gasteiger partial charge in [-0.05, 0) is 20.8 Å². The molecule has 0 heterocycles. The van der Waals surface area contributed by atoms with Crippen LogP contribution in [0.4, 0.5) is 0 Å². The van der Waals surface area contributed by atoms with Crippen LogP contribution in [0.2, 0.25) is 0 Å². The summed E-state index contributed by atoms with van der Waals surface area (Å²) in [6.45, 7) is 4.40. The molecule has 102 valence electrons. The lowest BCUT2D eigenvalue weighted by Gasteiger charge is -2.28. The summed E-state index contributed by atoms with van der Waals surface area (Å²) in [7, 11) is 0. The number of carbonyl (C=O) groups is 1. The molecule has 0 rings (SSSR count). The average molecular weight is 252 g/mol. The maximum absolute atomic E-state index is 10.6. The van der Waals surface area contributed by atoms with Gasteiger partial charge in [-0.3, -0.25) is 4.79 Å². The van der Waals surface area contributed by atoms with E-state index in [4.69, 9.17) is 9.84 Å². The molecule has 0 radical (unpaired) electrons. The van der Waals surface area contributed by atoms with Crippen LogP contribution in [0.25, 0.3) is 0 Å². The monoisotopic (exact) mass is 252 g/mol. The van der Waals surface area contributed by atoms with Crippen molar-refractivity contribution in [3.8, 4) is 0 Å². The molecule has 0 bridgehead atoms. The Morgan fingerprint density at radius 2 is 1.41 bits per heavy atom. The number of hydrogen-bond donors (Lipinski definition) is 5. The maximum Gasteiger partial charge on any atom is 0.308 e. The lowest BCUT2D eigenvalue weighted by Crippen LogP contribution is -2.49. The molecule has 7 heteroatoms. The molecule has 0 aromatic heterocycles. The number of aliphatic hydroxyl groups is 4. The summed E-state index contributed by atoms with van der Waals surface area (Å²) in [5, 5.41) is 46.4. The number of hydrogen-bond acceptors (Lipinski definition) is 6. The van der Waals surface area contributed by atoms with Gasteiger partial charge < -0.3 is 30.3 Å². The van der Waals surface area contributed by atoms with Crippen molar-refractivity contribution >= 4 is 5.97 Å². The Kier molecular flexibility index (Phi) is 6.58. The van der Waals surface area contributed by atoms with Gasteiger partial charge in [0.15, 0.2) is 6.29 Å². The molecule has 0 aliphatic rings. The maximum atomic E-state index is 10.6. The Bertz CT molecular complexity index is 243. The predicted octanol–water partition coefficient (Wildman–Crippen LogP) is -1.47. The Hall–Kier alpha value is -0.730. The fraction of sp³-hybridized carbons (Fsp3) is 0.900. The summed E-state index contributed by atoms with van der Waals surface area (Å²) < 4.78 is 4.81. The van der Waals surface area contributed by atoms with Gasteiger partial charge in [0.1, 0.15) is 12.2 Å². The van der Waals surface area contributed by atoms with E-state index in [1.807, 2.05) is 0 Å². The summed E-state index contributed by atoms with van der Waals surface area (Å²) in [5.41, 5.74) is 0. The second-order valence-electron chi connectivity index (χ2n) is 4.17. The van der Waals surface area contributed by atoms with Crippen LogP contribution in [0.5, 0.6) is 0 Å². The number of carboxylic acids is 1. The Morgan fingerprint density at radius 1 is 0.941 bits per heavy atom. The minimum absolute atomic E-state index is 0.388. The largest absolute Gasteiger partial charge is 0.481 e. The van der Waals surface area contributed by atoms with Gasteiger partial charge in [-0.25, -0.2) is 0 Å². The van der Waals surface area contributed by atoms with Crippen LogP contribution in [0.3, 0.4) is 0 Å². The van der Waals surface area contributed by atoms with Crippen molar-refractivity contribution in [2.75, 3.05) is 0 Å². The van der Waals surface area contributed by atoms with Gasteiger partial charge in [-0.1, -0.05) is 0 Å². The quantitative estimate of drug-likeness (QED) is 0.350. The van der Waals surface area contributed by atoms with E-state index in [2.05, 4.69) is 0 Å². The van der Waals surface area contributed by atoms with Crippen molar-refractivity contribution in [1.82, 2.24) is 0 Å². The first kappa shape index (κ1) is 16.3. The van der Waals surface area contributed by atoms with Crippen LogP contribution in [0.15, 0.2) is 0 Å². The minimum Gasteiger partial charge on any atom is -0.481 e. The molecular formula is C10H20O7. The Balaban J connectivity index is 4.47. The molecule has 5 N–H and O–H groups in total. The van der Waals surface area contributed by atoms with E-state index in [-0.39, 0.29) is 6.10 Å². The standard InChI is InChI=1S/C10H20O7/c1-4(2)17-10(16)8(13)7(12)6(11)5(3)9(14)15/h4-8,10-13,16H,1-3H3,(H,14,15)/t5?,6-,7?,8?,10+/m1/s1. The van der Waals surface area contributed by atoms with Gasteiger partial charge >= 0.3 is 5.97 Å². The molecule has 0 spiro atoms. The fourth-order valence-corrected chi connectivity index (χ4v) is 1.17. The highest BCUT2D eigenvalue weighted by molar-refractivity contribution is 5.70. The van der Waals surface area contributed by atoms with Gasteiger partial charge in [0.2, 0.25) is 0 Å². The lowest BCUT2D eigenvalue weighted by molar-refractivity contribution is -0.219. The van der Waals surface area contributed by atoms with E-state index in [1.54, 1.807) is 13.8 Å². The normalized spacial score (nSPS) is 20.7. The summed E-state index contributed by atoms with van der Waals surface area (Å²) >= 11 is 0. The predicted molar refractivity (Wildman–Crippen MR) is 57.0 cm³/mol. The highest BCUT2D eigenvalue weighted by atomic mass is 16.6. The Morgan fingerprint density at radius 3 is 1.76 bits per heavy atom. The van der Waals surface area contributed by atoms with Crippen LogP contribution in [0.1, 0.15) is 20.8 Å². The fourth-order valence-electron chi connectivity index (χ4n) is 1.17. The second-order valence-corrected chi connectivity index (χ2v) is 4.17. The van der Waals surface area contributed by atoms with Crippen molar-refractivity contribution < 1.29 is 35.1 Å². The van der Waals surface area contributed by atoms with Gasteiger partial charge in [-0.2, -0.15) is 0 Å². The van der Waals surface area contributed by atoms with Crippen LogP contribution < -0.4 is 0 Å². The summed E-state index contributed by atoms with van der Waals surface area (Å²) in [6, 6.07) is 0. The third-order valence-electron chi connectivity index (χ3n) is 2.31. The van der Waals surface area contributed by atoms with E-state index in [1.165, 1.54) is 6.92 Å². The molecule has 0 saturated heterocycles. The molecule has 0 saturated carbocycles. The van der Waals surface area contributed by atoms with Gasteiger partial charge in [0.05, 0.1) is 18.1 Å². The van der Waals surface area contributed by atoms with Crippen molar-refractivity contribution in [3.05, 3.63) is 0 Å². The third kappa shape index (κ3) is 4.97. The van der Waals surface area contributed by atoms with Crippen molar-refractivity contribution in [1.29, 1.82) is 0 Å². The molecule has 17 heavy (non-hydrogen) atoms. The highest BCUT2D eigenvalue weighted by Crippen LogP contribution is 2.14. The van der Waals surface area contributed by atoms with E-state index < -0.39 is 36.5 Å². The SMILES string of the molecule is CC(C)O[C@H](O)C(O)C(O)[C@H](O)C(C)C(=O)O. The van der Waals surface area contributed by atoms with Crippen molar-refractivity contribution in [3.63, 3.8) is 0 Å². The summed E-state index contributed by atoms with van der Waals surface area (Å²) in [4.78, 5) is 10.6. The zero-order valence-electron chi connectivity index (χ0n) is 10.0. The molecule has 5 atom stereocenters. The summed E-state index contributed by atoms with van der Waals surface area (Å²) in [6.07, 6.45) is -7.38. The van der Waals surface area contributed by atoms with E-state index >= 15 is 0 Å². The molecule has 0 aliphatic carbocycles. The van der Waals surface area contributed by atoms with E-state index in [0.717, 1.165) is 0 Å². The van der Waals surface area contributed by atoms with Crippen LogP contribution in [0, 0.1) is 5.92 Å². The Labute approximate surface area is 99.3 Å². The first-order valence-corrected chi connectivity index (χ1v) is 5.29. The first-order chi connectivity index (χ1) is 7.68. The zero-order valence-corrected chi connectivity index (χ0v) is 10.0. The van der Waals surface area contributed by atoms with Gasteiger partial charge in [0.25, 0.3) is 0 Å². The number of aliphatic hydroxyl groups excluding tert-OH is 4. The molecule has 0 fully saturated rings. The van der Waals surface area contributed by atoms with Gasteiger partial charge in [0, 0.05) is 0 Å². The molecule has 0 aliphatic heterocycles. The number of aliphatic carboxylic acids is 1. The van der Waals surface area contributed by atoms with Crippen molar-refractivity contribution in [2.24, 2.45) is 5.92 Å². The lowest BCUT2D eigenvalue weighted by atomic mass is 9.96. The van der Waals surface area contributed by atoms with Crippen LogP contribution >= 0.6 is 0 Å². The zero-order chi connectivity index (χ0) is 13.7. The average Bonchev–Trinajstić information content (AvgIpc) is 2.23. The number of carboxylic acid groups (broad SMARTS) is 1. The second kappa shape index (κ2) is 6.87. The molecule has 3 unspecified atom stereocenters. The molecular weight excluding hydrogens is 232 g/mol. The summed E-state index contributed by atoms with van der Waals surface area (Å²) in [5.74, 6) is -2.59.